The maximum atomic E-state index is 12.8. The lowest BCUT2D eigenvalue weighted by molar-refractivity contribution is -0.205. The fraction of sp³-hybridized carbons (Fsp3) is 0.400. The van der Waals surface area contributed by atoms with Crippen molar-refractivity contribution in [3.05, 3.63) is 35.4 Å². The molecule has 2 unspecified atom stereocenters. The van der Waals surface area contributed by atoms with E-state index in [2.05, 4.69) is 4.84 Å². The first-order chi connectivity index (χ1) is 11.2. The largest absolute Gasteiger partial charge is 0.361 e. The van der Waals surface area contributed by atoms with Crippen LogP contribution in [0.25, 0.3) is 0 Å². The van der Waals surface area contributed by atoms with Crippen LogP contribution in [0.3, 0.4) is 0 Å². The van der Waals surface area contributed by atoms with Gasteiger partial charge in [0.1, 0.15) is 6.67 Å². The molecule has 1 aromatic rings. The van der Waals surface area contributed by atoms with Crippen LogP contribution in [0.1, 0.15) is 34.6 Å². The van der Waals surface area contributed by atoms with Crippen molar-refractivity contribution in [2.75, 3.05) is 6.67 Å². The number of nitrogens with zero attached hydrogens (tertiary/aromatic N) is 1. The molecule has 1 aliphatic rings. The highest BCUT2D eigenvalue weighted by molar-refractivity contribution is 6.20. The molecule has 0 saturated heterocycles. The third-order valence-electron chi connectivity index (χ3n) is 3.44. The second-order valence-electron chi connectivity index (χ2n) is 5.37. The molecule has 0 N–H and O–H groups in total. The van der Waals surface area contributed by atoms with Gasteiger partial charge < -0.3 is 9.57 Å². The molecule has 2 atom stereocenters. The first-order valence-electron chi connectivity index (χ1n) is 6.93. The summed E-state index contributed by atoms with van der Waals surface area (Å²) in [5.41, 5.74) is -2.41. The minimum atomic E-state index is -3.18. The number of imide groups is 1. The number of hydroxylamine groups is 2. The Labute approximate surface area is 135 Å². The summed E-state index contributed by atoms with van der Waals surface area (Å²) in [6, 6.07) is 5.80. The van der Waals surface area contributed by atoms with Gasteiger partial charge in [0.25, 0.3) is 18.2 Å². The molecule has 0 bridgehead atoms. The maximum absolute atomic E-state index is 12.8. The zero-order valence-electron chi connectivity index (χ0n) is 12.8. The van der Waals surface area contributed by atoms with E-state index >= 15 is 0 Å². The summed E-state index contributed by atoms with van der Waals surface area (Å²) < 4.78 is 43.0. The summed E-state index contributed by atoms with van der Waals surface area (Å²) in [6.07, 6.45) is -4.80. The molecule has 24 heavy (non-hydrogen) atoms. The molecule has 6 nitrogen and oxygen atoms in total. The minimum absolute atomic E-state index is 0.0463. The van der Waals surface area contributed by atoms with E-state index in [1.165, 1.54) is 24.3 Å². The van der Waals surface area contributed by atoms with Crippen LogP contribution in [0, 0.1) is 0 Å². The fourth-order valence-electron chi connectivity index (χ4n) is 2.01. The predicted octanol–water partition coefficient (Wildman–Crippen LogP) is 2.14. The lowest BCUT2D eigenvalue weighted by Gasteiger charge is -2.28. The molecule has 9 heteroatoms. The molecule has 1 heterocycles. The van der Waals surface area contributed by atoms with E-state index in [-0.39, 0.29) is 16.2 Å². The number of ether oxygens (including phenoxy) is 1. The van der Waals surface area contributed by atoms with Crippen LogP contribution in [0.5, 0.6) is 0 Å². The Kier molecular flexibility index (Phi) is 4.93. The van der Waals surface area contributed by atoms with E-state index in [0.717, 1.165) is 13.8 Å². The molecular formula is C15H14F3NO5. The number of benzene rings is 1. The smallest absolute Gasteiger partial charge is 0.352 e. The molecule has 1 aromatic carbocycles. The van der Waals surface area contributed by atoms with E-state index in [9.17, 15) is 27.6 Å². The van der Waals surface area contributed by atoms with Crippen LogP contribution in [0.2, 0.25) is 0 Å². The van der Waals surface area contributed by atoms with E-state index in [1.54, 1.807) is 0 Å². The number of rotatable bonds is 6. The van der Waals surface area contributed by atoms with Gasteiger partial charge in [-0.05, 0) is 26.0 Å². The zero-order chi connectivity index (χ0) is 18.1. The van der Waals surface area contributed by atoms with Gasteiger partial charge in [0, 0.05) is 0 Å². The van der Waals surface area contributed by atoms with Crippen LogP contribution in [-0.2, 0) is 14.4 Å². The first-order valence-corrected chi connectivity index (χ1v) is 6.93. The number of halogens is 3. The molecule has 0 saturated carbocycles. The van der Waals surface area contributed by atoms with Crippen molar-refractivity contribution >= 4 is 17.8 Å². The van der Waals surface area contributed by atoms with Gasteiger partial charge in [0.05, 0.1) is 11.1 Å². The Bertz CT molecular complexity index is 646. The average molecular weight is 345 g/mol. The van der Waals surface area contributed by atoms with Crippen molar-refractivity contribution < 1.29 is 37.1 Å². The summed E-state index contributed by atoms with van der Waals surface area (Å²) in [6.45, 7) is 0.315. The number of fused-ring (bicyclic) bond motifs is 1. The summed E-state index contributed by atoms with van der Waals surface area (Å²) >= 11 is 0. The molecule has 0 fully saturated rings. The van der Waals surface area contributed by atoms with Crippen LogP contribution < -0.4 is 0 Å². The Morgan fingerprint density at radius 1 is 1.21 bits per heavy atom. The summed E-state index contributed by atoms with van der Waals surface area (Å²) in [5, 5.41) is 0.224. The molecule has 0 aliphatic carbocycles. The van der Waals surface area contributed by atoms with Crippen molar-refractivity contribution in [3.63, 3.8) is 0 Å². The van der Waals surface area contributed by atoms with Gasteiger partial charge in [-0.1, -0.05) is 17.2 Å². The second-order valence-corrected chi connectivity index (χ2v) is 5.37. The summed E-state index contributed by atoms with van der Waals surface area (Å²) in [7, 11) is 0. The van der Waals surface area contributed by atoms with Crippen LogP contribution >= 0.6 is 0 Å². The van der Waals surface area contributed by atoms with Crippen molar-refractivity contribution in [2.45, 2.75) is 32.0 Å². The topological polar surface area (TPSA) is 72.9 Å². The SMILES string of the molecule is CC(OC(C)(CF)C(F)F)C(=O)ON1C(=O)c2ccccc2C1=O. The van der Waals surface area contributed by atoms with Crippen molar-refractivity contribution in [2.24, 2.45) is 0 Å². The standard InChI is InChI=1S/C15H14F3NO5/c1-8(23-15(2,7-16)14(17)18)13(22)24-19-11(20)9-5-3-4-6-10(9)12(19)21/h3-6,8,14H,7H2,1-2H3. The van der Waals surface area contributed by atoms with Gasteiger partial charge in [-0.3, -0.25) is 9.59 Å². The lowest BCUT2D eigenvalue weighted by Crippen LogP contribution is -2.46. The molecule has 0 radical (unpaired) electrons. The highest BCUT2D eigenvalue weighted by Gasteiger charge is 2.42. The molecule has 2 amide bonds. The van der Waals surface area contributed by atoms with Crippen molar-refractivity contribution in [1.82, 2.24) is 5.06 Å². The highest BCUT2D eigenvalue weighted by Crippen LogP contribution is 2.25. The number of amides is 2. The van der Waals surface area contributed by atoms with E-state index in [0.29, 0.717) is 0 Å². The fourth-order valence-corrected chi connectivity index (χ4v) is 2.01. The van der Waals surface area contributed by atoms with Gasteiger partial charge in [-0.25, -0.2) is 18.0 Å². The van der Waals surface area contributed by atoms with Gasteiger partial charge in [0.2, 0.25) is 0 Å². The first kappa shape index (κ1) is 17.9. The molecule has 2 rings (SSSR count). The van der Waals surface area contributed by atoms with Crippen molar-refractivity contribution in [1.29, 1.82) is 0 Å². The summed E-state index contributed by atoms with van der Waals surface area (Å²) in [4.78, 5) is 40.6. The third kappa shape index (κ3) is 3.12. The number of hydrogen-bond acceptors (Lipinski definition) is 5. The van der Waals surface area contributed by atoms with E-state index in [1.807, 2.05) is 0 Å². The quantitative estimate of drug-likeness (QED) is 0.739. The van der Waals surface area contributed by atoms with Crippen molar-refractivity contribution in [3.8, 4) is 0 Å². The number of carbonyl (C=O) groups is 3. The maximum Gasteiger partial charge on any atom is 0.361 e. The van der Waals surface area contributed by atoms with Gasteiger partial charge in [-0.15, -0.1) is 0 Å². The Hall–Kier alpha value is -2.42. The van der Waals surface area contributed by atoms with Gasteiger partial charge in [0.15, 0.2) is 11.7 Å². The lowest BCUT2D eigenvalue weighted by atomic mass is 10.1. The van der Waals surface area contributed by atoms with Crippen LogP contribution in [0.4, 0.5) is 13.2 Å². The molecule has 130 valence electrons. The zero-order valence-corrected chi connectivity index (χ0v) is 12.8. The monoisotopic (exact) mass is 345 g/mol. The Balaban J connectivity index is 2.08. The predicted molar refractivity (Wildman–Crippen MR) is 74.0 cm³/mol. The third-order valence-corrected chi connectivity index (χ3v) is 3.44. The number of hydrogen-bond donors (Lipinski definition) is 0. The molecular weight excluding hydrogens is 331 g/mol. The van der Waals surface area contributed by atoms with E-state index < -0.39 is 42.6 Å². The Morgan fingerprint density at radius 3 is 2.12 bits per heavy atom. The minimum Gasteiger partial charge on any atom is -0.352 e. The summed E-state index contributed by atoms with van der Waals surface area (Å²) in [5.74, 6) is -3.00. The number of carbonyl (C=O) groups excluding carboxylic acids is 3. The Morgan fingerprint density at radius 2 is 1.71 bits per heavy atom. The van der Waals surface area contributed by atoms with Crippen LogP contribution in [-0.4, -0.2) is 47.7 Å². The molecule has 1 aliphatic heterocycles. The normalized spacial score (nSPS) is 17.7. The number of alkyl halides is 3. The van der Waals surface area contributed by atoms with Gasteiger partial charge in [-0.2, -0.15) is 0 Å². The van der Waals surface area contributed by atoms with E-state index in [4.69, 9.17) is 4.74 Å². The van der Waals surface area contributed by atoms with Gasteiger partial charge >= 0.3 is 5.97 Å². The van der Waals surface area contributed by atoms with Crippen LogP contribution in [0.15, 0.2) is 24.3 Å². The molecule has 0 aromatic heterocycles. The average Bonchev–Trinajstić information content (AvgIpc) is 2.79. The molecule has 0 spiro atoms. The highest BCUT2D eigenvalue weighted by atomic mass is 19.3. The second kappa shape index (κ2) is 6.60.